The van der Waals surface area contributed by atoms with Crippen molar-refractivity contribution in [3.63, 3.8) is 0 Å². The fraction of sp³-hybridized carbons (Fsp3) is 1.00. The molecule has 0 heterocycles. The van der Waals surface area contributed by atoms with E-state index in [9.17, 15) is 40.9 Å². The summed E-state index contributed by atoms with van der Waals surface area (Å²) in [4.78, 5) is 0. The fourth-order valence-electron chi connectivity index (χ4n) is 6.00. The molecular weight excluding hydrogens is 480 g/mol. The maximum atomic E-state index is 10.7. The highest BCUT2D eigenvalue weighted by molar-refractivity contribution is 5.00. The van der Waals surface area contributed by atoms with Gasteiger partial charge in [-0.2, -0.15) is 0 Å². The number of hydrogen-bond acceptors (Lipinski definition) is 9. The topological polar surface area (TPSA) is 171 Å². The van der Waals surface area contributed by atoms with E-state index in [-0.39, 0.29) is 37.5 Å². The van der Waals surface area contributed by atoms with Crippen molar-refractivity contribution in [2.45, 2.75) is 140 Å². The van der Waals surface area contributed by atoms with E-state index in [1.165, 1.54) is 0 Å². The SMILES string of the molecule is CCCCC(CC)C(CC(O)CO)(CC(O)CO)OC(CC(O)CO)(CC(O)CO)C(CC)CCCC. The molecule has 9 nitrogen and oxygen atoms in total. The minimum absolute atomic E-state index is 0.0147. The van der Waals surface area contributed by atoms with Crippen LogP contribution in [0.25, 0.3) is 0 Å². The van der Waals surface area contributed by atoms with Crippen molar-refractivity contribution in [1.82, 2.24) is 0 Å². The molecule has 0 fully saturated rings. The number of aliphatic hydroxyl groups excluding tert-OH is 8. The minimum Gasteiger partial charge on any atom is -0.394 e. The molecule has 0 bridgehead atoms. The molecule has 6 unspecified atom stereocenters. The minimum atomic E-state index is -1.21. The van der Waals surface area contributed by atoms with Crippen molar-refractivity contribution in [2.75, 3.05) is 26.4 Å². The van der Waals surface area contributed by atoms with Crippen LogP contribution in [0.2, 0.25) is 0 Å². The van der Waals surface area contributed by atoms with Crippen molar-refractivity contribution >= 4 is 0 Å². The zero-order valence-electron chi connectivity index (χ0n) is 23.8. The summed E-state index contributed by atoms with van der Waals surface area (Å²) in [6.07, 6.45) is 1.63. The molecule has 0 aliphatic rings. The van der Waals surface area contributed by atoms with Gasteiger partial charge in [-0.05, 0) is 24.7 Å². The second-order valence-electron chi connectivity index (χ2n) is 10.9. The Balaban J connectivity index is 7.16. The Kier molecular flexibility index (Phi) is 19.5. The van der Waals surface area contributed by atoms with Gasteiger partial charge in [0.15, 0.2) is 0 Å². The Labute approximate surface area is 224 Å². The van der Waals surface area contributed by atoms with E-state index in [2.05, 4.69) is 13.8 Å². The van der Waals surface area contributed by atoms with Gasteiger partial charge in [0.25, 0.3) is 0 Å². The molecule has 6 atom stereocenters. The van der Waals surface area contributed by atoms with Crippen LogP contribution in [0.1, 0.15) is 105 Å². The van der Waals surface area contributed by atoms with E-state index in [0.717, 1.165) is 38.5 Å². The van der Waals surface area contributed by atoms with Crippen LogP contribution in [0, 0.1) is 11.8 Å². The second-order valence-corrected chi connectivity index (χ2v) is 10.9. The number of aliphatic hydroxyl groups is 8. The van der Waals surface area contributed by atoms with Crippen LogP contribution in [0.5, 0.6) is 0 Å². The number of unbranched alkanes of at least 4 members (excludes halogenated alkanes) is 2. The van der Waals surface area contributed by atoms with Crippen molar-refractivity contribution in [1.29, 1.82) is 0 Å². The Morgan fingerprint density at radius 1 is 0.514 bits per heavy atom. The molecule has 0 aliphatic carbocycles. The first-order valence-electron chi connectivity index (χ1n) is 14.4. The average Bonchev–Trinajstić information content (AvgIpc) is 2.88. The van der Waals surface area contributed by atoms with Crippen molar-refractivity contribution in [3.8, 4) is 0 Å². The Morgan fingerprint density at radius 3 is 0.973 bits per heavy atom. The molecule has 0 aromatic heterocycles. The van der Waals surface area contributed by atoms with Gasteiger partial charge in [-0.1, -0.05) is 66.2 Å². The molecule has 8 N–H and O–H groups in total. The highest BCUT2D eigenvalue weighted by Gasteiger charge is 2.51. The third-order valence-electron chi connectivity index (χ3n) is 7.86. The third kappa shape index (κ3) is 12.1. The van der Waals surface area contributed by atoms with Gasteiger partial charge < -0.3 is 45.6 Å². The summed E-state index contributed by atoms with van der Waals surface area (Å²) in [5, 5.41) is 81.9. The number of ether oxygens (including phenoxy) is 1. The summed E-state index contributed by atoms with van der Waals surface area (Å²) in [5.41, 5.74) is -2.42. The van der Waals surface area contributed by atoms with Gasteiger partial charge in [-0.25, -0.2) is 0 Å². The maximum absolute atomic E-state index is 10.7. The van der Waals surface area contributed by atoms with Crippen LogP contribution in [0.15, 0.2) is 0 Å². The monoisotopic (exact) mass is 538 g/mol. The lowest BCUT2D eigenvalue weighted by molar-refractivity contribution is -0.251. The van der Waals surface area contributed by atoms with Crippen LogP contribution < -0.4 is 0 Å². The molecule has 0 spiro atoms. The highest BCUT2D eigenvalue weighted by Crippen LogP contribution is 2.47. The molecular formula is C28H58O9. The lowest BCUT2D eigenvalue weighted by atomic mass is 9.70. The standard InChI is InChI=1S/C28H58O9/c1-5-9-11-21(7-3)27(13-23(33)17-29,14-24(34)18-30)37-28(15-25(35)19-31,16-26(36)20-32)22(8-4)12-10-6-2/h21-26,29-36H,5-20H2,1-4H3. The molecule has 0 rings (SSSR count). The van der Waals surface area contributed by atoms with Gasteiger partial charge in [0, 0.05) is 25.7 Å². The predicted molar refractivity (Wildman–Crippen MR) is 144 cm³/mol. The van der Waals surface area contributed by atoms with Crippen molar-refractivity contribution in [3.05, 3.63) is 0 Å². The largest absolute Gasteiger partial charge is 0.394 e. The zero-order valence-corrected chi connectivity index (χ0v) is 23.8. The smallest absolute Gasteiger partial charge is 0.0798 e. The van der Waals surface area contributed by atoms with Crippen LogP contribution in [0.3, 0.4) is 0 Å². The van der Waals surface area contributed by atoms with E-state index < -0.39 is 62.0 Å². The molecule has 0 aromatic carbocycles. The van der Waals surface area contributed by atoms with E-state index in [0.29, 0.717) is 12.8 Å². The van der Waals surface area contributed by atoms with Crippen LogP contribution in [-0.2, 0) is 4.74 Å². The first-order valence-corrected chi connectivity index (χ1v) is 14.4. The lowest BCUT2D eigenvalue weighted by Gasteiger charge is -2.53. The zero-order chi connectivity index (χ0) is 28.5. The summed E-state index contributed by atoms with van der Waals surface area (Å²) < 4.78 is 7.13. The van der Waals surface area contributed by atoms with Crippen molar-refractivity contribution < 1.29 is 45.6 Å². The molecule has 0 radical (unpaired) electrons. The Bertz CT molecular complexity index is 478. The average molecular weight is 539 g/mol. The van der Waals surface area contributed by atoms with Crippen molar-refractivity contribution in [2.24, 2.45) is 11.8 Å². The predicted octanol–water partition coefficient (Wildman–Crippen LogP) is 1.89. The van der Waals surface area contributed by atoms with Gasteiger partial charge >= 0.3 is 0 Å². The fourth-order valence-corrected chi connectivity index (χ4v) is 6.00. The van der Waals surface area contributed by atoms with Gasteiger partial charge in [-0.3, -0.25) is 0 Å². The highest BCUT2D eigenvalue weighted by atomic mass is 16.5. The summed E-state index contributed by atoms with van der Waals surface area (Å²) in [5.74, 6) is -0.342. The molecule has 9 heteroatoms. The van der Waals surface area contributed by atoms with Crippen LogP contribution in [-0.4, -0.2) is 103 Å². The van der Waals surface area contributed by atoms with E-state index in [1.54, 1.807) is 0 Å². The quantitative estimate of drug-likeness (QED) is 0.0913. The molecule has 0 saturated heterocycles. The van der Waals surface area contributed by atoms with Gasteiger partial charge in [0.05, 0.1) is 62.0 Å². The lowest BCUT2D eigenvalue weighted by Crippen LogP contribution is -2.58. The number of rotatable bonds is 24. The molecule has 224 valence electrons. The molecule has 37 heavy (non-hydrogen) atoms. The van der Waals surface area contributed by atoms with Gasteiger partial charge in [0.1, 0.15) is 0 Å². The molecule has 0 saturated carbocycles. The summed E-state index contributed by atoms with van der Waals surface area (Å²) in [6, 6.07) is 0. The molecule has 0 amide bonds. The third-order valence-corrected chi connectivity index (χ3v) is 7.86. The van der Waals surface area contributed by atoms with Gasteiger partial charge in [0.2, 0.25) is 0 Å². The van der Waals surface area contributed by atoms with Crippen LogP contribution >= 0.6 is 0 Å². The van der Waals surface area contributed by atoms with Gasteiger partial charge in [-0.15, -0.1) is 0 Å². The van der Waals surface area contributed by atoms with E-state index in [4.69, 9.17) is 4.74 Å². The number of hydrogen-bond donors (Lipinski definition) is 8. The Hall–Kier alpha value is -0.360. The molecule has 0 aromatic rings. The summed E-state index contributed by atoms with van der Waals surface area (Å²) in [7, 11) is 0. The summed E-state index contributed by atoms with van der Waals surface area (Å²) in [6.45, 7) is 6.08. The first kappa shape index (κ1) is 36.6. The Morgan fingerprint density at radius 2 is 0.784 bits per heavy atom. The second kappa shape index (κ2) is 19.7. The van der Waals surface area contributed by atoms with Crippen LogP contribution in [0.4, 0.5) is 0 Å². The van der Waals surface area contributed by atoms with E-state index in [1.807, 2.05) is 13.8 Å². The summed E-state index contributed by atoms with van der Waals surface area (Å²) >= 11 is 0. The maximum Gasteiger partial charge on any atom is 0.0798 e. The normalized spacial score (nSPS) is 20.4. The molecule has 0 aliphatic heterocycles. The van der Waals surface area contributed by atoms with E-state index >= 15 is 0 Å². The first-order chi connectivity index (χ1) is 17.6.